The van der Waals surface area contributed by atoms with Gasteiger partial charge in [-0.05, 0) is 24.3 Å². The topological polar surface area (TPSA) is 47.1 Å². The first kappa shape index (κ1) is 18.2. The number of rotatable bonds is 4. The fourth-order valence-electron chi connectivity index (χ4n) is 3.81. The molecule has 0 amide bonds. The van der Waals surface area contributed by atoms with Crippen molar-refractivity contribution in [2.45, 2.75) is 19.5 Å². The summed E-state index contributed by atoms with van der Waals surface area (Å²) in [5.74, 6) is 3.74. The van der Waals surface area contributed by atoms with Crippen molar-refractivity contribution in [3.63, 3.8) is 0 Å². The van der Waals surface area contributed by atoms with Gasteiger partial charge in [0.1, 0.15) is 17.3 Å². The zero-order valence-electron chi connectivity index (χ0n) is 16.0. The molecule has 5 rings (SSSR count). The standard InChI is InChI=1S/C23H21ClN4O/c24-20-9-5-4-8-19(20)21-11-10-18(29-21)16-27-13-12-22-25-26-23(28(22)15-14-27)17-6-2-1-3-7-17/h1-11H,12-16H2. The minimum absolute atomic E-state index is 0.703. The molecule has 29 heavy (non-hydrogen) atoms. The van der Waals surface area contributed by atoms with Gasteiger partial charge in [-0.3, -0.25) is 4.90 Å². The number of furan rings is 1. The lowest BCUT2D eigenvalue weighted by Gasteiger charge is -2.18. The molecule has 4 aromatic rings. The highest BCUT2D eigenvalue weighted by molar-refractivity contribution is 6.33. The van der Waals surface area contributed by atoms with Crippen molar-refractivity contribution >= 4 is 11.6 Å². The van der Waals surface area contributed by atoms with Crippen LogP contribution in [0, 0.1) is 0 Å². The molecule has 146 valence electrons. The Bertz CT molecular complexity index is 1120. The summed E-state index contributed by atoms with van der Waals surface area (Å²) >= 11 is 6.30. The van der Waals surface area contributed by atoms with Crippen molar-refractivity contribution in [2.24, 2.45) is 0 Å². The van der Waals surface area contributed by atoms with Gasteiger partial charge in [0.2, 0.25) is 0 Å². The molecule has 0 saturated heterocycles. The lowest BCUT2D eigenvalue weighted by atomic mass is 10.2. The summed E-state index contributed by atoms with van der Waals surface area (Å²) in [6.45, 7) is 3.48. The highest BCUT2D eigenvalue weighted by atomic mass is 35.5. The fourth-order valence-corrected chi connectivity index (χ4v) is 4.04. The number of fused-ring (bicyclic) bond motifs is 1. The quantitative estimate of drug-likeness (QED) is 0.484. The van der Waals surface area contributed by atoms with E-state index in [4.69, 9.17) is 16.0 Å². The van der Waals surface area contributed by atoms with Gasteiger partial charge in [-0.15, -0.1) is 10.2 Å². The molecule has 0 saturated carbocycles. The van der Waals surface area contributed by atoms with Crippen molar-refractivity contribution in [3.05, 3.63) is 83.3 Å². The molecule has 3 heterocycles. The first-order valence-electron chi connectivity index (χ1n) is 9.81. The second-order valence-corrected chi connectivity index (χ2v) is 7.64. The fraction of sp³-hybridized carbons (Fsp3) is 0.217. The molecule has 2 aromatic heterocycles. The van der Waals surface area contributed by atoms with E-state index in [0.29, 0.717) is 5.02 Å². The Labute approximate surface area is 174 Å². The summed E-state index contributed by atoms with van der Waals surface area (Å²) in [6.07, 6.45) is 0.873. The maximum atomic E-state index is 6.30. The SMILES string of the molecule is Clc1ccccc1-c1ccc(CN2CCc3nnc(-c4ccccc4)n3CC2)o1. The molecular formula is C23H21ClN4O. The van der Waals surface area contributed by atoms with Gasteiger partial charge >= 0.3 is 0 Å². The average molecular weight is 405 g/mol. The van der Waals surface area contributed by atoms with E-state index >= 15 is 0 Å². The number of benzene rings is 2. The molecule has 6 heteroatoms. The predicted molar refractivity (Wildman–Crippen MR) is 114 cm³/mol. The molecule has 0 aliphatic carbocycles. The number of nitrogens with zero attached hydrogens (tertiary/aromatic N) is 4. The van der Waals surface area contributed by atoms with Crippen LogP contribution in [0.4, 0.5) is 0 Å². The Morgan fingerprint density at radius 2 is 1.69 bits per heavy atom. The van der Waals surface area contributed by atoms with Gasteiger partial charge in [-0.1, -0.05) is 54.1 Å². The van der Waals surface area contributed by atoms with Gasteiger partial charge in [-0.25, -0.2) is 0 Å². The highest BCUT2D eigenvalue weighted by Gasteiger charge is 2.20. The van der Waals surface area contributed by atoms with Crippen LogP contribution in [0.1, 0.15) is 11.6 Å². The summed E-state index contributed by atoms with van der Waals surface area (Å²) in [4.78, 5) is 2.40. The van der Waals surface area contributed by atoms with Crippen molar-refractivity contribution in [1.29, 1.82) is 0 Å². The summed E-state index contributed by atoms with van der Waals surface area (Å²) < 4.78 is 8.33. The number of hydrogen-bond donors (Lipinski definition) is 0. The van der Waals surface area contributed by atoms with Crippen LogP contribution < -0.4 is 0 Å². The monoisotopic (exact) mass is 404 g/mol. The normalized spacial score (nSPS) is 14.5. The average Bonchev–Trinajstić information content (AvgIpc) is 3.33. The van der Waals surface area contributed by atoms with Crippen LogP contribution in [-0.4, -0.2) is 32.8 Å². The third-order valence-corrected chi connectivity index (χ3v) is 5.66. The predicted octanol–water partition coefficient (Wildman–Crippen LogP) is 4.92. The molecule has 0 fully saturated rings. The third-order valence-electron chi connectivity index (χ3n) is 5.33. The lowest BCUT2D eigenvalue weighted by Crippen LogP contribution is -2.26. The van der Waals surface area contributed by atoms with E-state index < -0.39 is 0 Å². The smallest absolute Gasteiger partial charge is 0.164 e. The van der Waals surface area contributed by atoms with Gasteiger partial charge in [0.25, 0.3) is 0 Å². The van der Waals surface area contributed by atoms with Crippen LogP contribution in [0.3, 0.4) is 0 Å². The van der Waals surface area contributed by atoms with Gasteiger partial charge in [-0.2, -0.15) is 0 Å². The lowest BCUT2D eigenvalue weighted by molar-refractivity contribution is 0.250. The molecule has 2 aromatic carbocycles. The Morgan fingerprint density at radius 1 is 0.862 bits per heavy atom. The van der Waals surface area contributed by atoms with E-state index in [1.807, 2.05) is 54.6 Å². The van der Waals surface area contributed by atoms with E-state index in [0.717, 1.165) is 66.9 Å². The van der Waals surface area contributed by atoms with Crippen molar-refractivity contribution in [1.82, 2.24) is 19.7 Å². The van der Waals surface area contributed by atoms with E-state index in [1.165, 1.54) is 0 Å². The number of aromatic nitrogens is 3. The number of hydrogen-bond acceptors (Lipinski definition) is 4. The van der Waals surface area contributed by atoms with Crippen LogP contribution >= 0.6 is 11.6 Å². The molecule has 0 bridgehead atoms. The van der Waals surface area contributed by atoms with E-state index in [-0.39, 0.29) is 0 Å². The molecule has 1 aliphatic rings. The minimum atomic E-state index is 0.703. The second kappa shape index (κ2) is 7.85. The van der Waals surface area contributed by atoms with Crippen LogP contribution in [-0.2, 0) is 19.5 Å². The van der Waals surface area contributed by atoms with Crippen molar-refractivity contribution in [2.75, 3.05) is 13.1 Å². The second-order valence-electron chi connectivity index (χ2n) is 7.23. The Hall–Kier alpha value is -2.89. The Morgan fingerprint density at radius 3 is 2.55 bits per heavy atom. The van der Waals surface area contributed by atoms with Gasteiger partial charge in [0, 0.05) is 37.2 Å². The molecular weight excluding hydrogens is 384 g/mol. The molecule has 0 radical (unpaired) electrons. The molecule has 5 nitrogen and oxygen atoms in total. The third kappa shape index (κ3) is 3.71. The summed E-state index contributed by atoms with van der Waals surface area (Å²) in [5.41, 5.74) is 2.03. The number of halogens is 1. The van der Waals surface area contributed by atoms with Gasteiger partial charge in [0.05, 0.1) is 11.6 Å². The zero-order valence-corrected chi connectivity index (χ0v) is 16.7. The zero-order chi connectivity index (χ0) is 19.6. The molecule has 0 N–H and O–H groups in total. The van der Waals surface area contributed by atoms with Crippen LogP contribution in [0.25, 0.3) is 22.7 Å². The molecule has 0 atom stereocenters. The Balaban J connectivity index is 1.30. The molecule has 0 spiro atoms. The van der Waals surface area contributed by atoms with Crippen molar-refractivity contribution in [3.8, 4) is 22.7 Å². The van der Waals surface area contributed by atoms with Crippen LogP contribution in [0.2, 0.25) is 5.02 Å². The van der Waals surface area contributed by atoms with Crippen molar-refractivity contribution < 1.29 is 4.42 Å². The molecule has 0 unspecified atom stereocenters. The van der Waals surface area contributed by atoms with Crippen LogP contribution in [0.15, 0.2) is 71.1 Å². The van der Waals surface area contributed by atoms with Gasteiger partial charge < -0.3 is 8.98 Å². The molecule has 1 aliphatic heterocycles. The van der Waals surface area contributed by atoms with Gasteiger partial charge in [0.15, 0.2) is 5.82 Å². The van der Waals surface area contributed by atoms with E-state index in [1.54, 1.807) is 0 Å². The summed E-state index contributed by atoms with van der Waals surface area (Å²) in [6, 6.07) is 22.1. The summed E-state index contributed by atoms with van der Waals surface area (Å²) in [7, 11) is 0. The summed E-state index contributed by atoms with van der Waals surface area (Å²) in [5, 5.41) is 9.57. The Kier molecular flexibility index (Phi) is 4.92. The maximum Gasteiger partial charge on any atom is 0.164 e. The van der Waals surface area contributed by atoms with E-state index in [9.17, 15) is 0 Å². The largest absolute Gasteiger partial charge is 0.460 e. The van der Waals surface area contributed by atoms with E-state index in [2.05, 4.69) is 31.8 Å². The van der Waals surface area contributed by atoms with Crippen LogP contribution in [0.5, 0.6) is 0 Å². The first-order valence-corrected chi connectivity index (χ1v) is 10.2. The minimum Gasteiger partial charge on any atom is -0.460 e. The maximum absolute atomic E-state index is 6.30. The highest BCUT2D eigenvalue weighted by Crippen LogP contribution is 2.29. The first-order chi connectivity index (χ1) is 14.3.